The molecule has 1 heterocycles. The van der Waals surface area contributed by atoms with E-state index in [1.54, 1.807) is 0 Å². The Morgan fingerprint density at radius 2 is 1.85 bits per heavy atom. The van der Waals surface area contributed by atoms with Crippen LogP contribution in [0.2, 0.25) is 0 Å². The van der Waals surface area contributed by atoms with E-state index in [-0.39, 0.29) is 0 Å². The van der Waals surface area contributed by atoms with Crippen molar-refractivity contribution in [3.63, 3.8) is 0 Å². The monoisotopic (exact) mass is 283 g/mol. The first kappa shape index (κ1) is 17.9. The molecule has 3 heteroatoms. The minimum Gasteiger partial charge on any atom is -0.311 e. The van der Waals surface area contributed by atoms with Crippen LogP contribution in [0.25, 0.3) is 0 Å². The van der Waals surface area contributed by atoms with Crippen LogP contribution in [0, 0.1) is 11.8 Å². The summed E-state index contributed by atoms with van der Waals surface area (Å²) in [6.45, 7) is 15.4. The maximum absolute atomic E-state index is 3.80. The molecule has 0 aromatic carbocycles. The van der Waals surface area contributed by atoms with Crippen LogP contribution in [0.1, 0.15) is 47.5 Å². The lowest BCUT2D eigenvalue weighted by molar-refractivity contribution is 0.0438. The summed E-state index contributed by atoms with van der Waals surface area (Å²) in [5, 5.41) is 3.80. The maximum atomic E-state index is 3.80. The predicted octanol–water partition coefficient (Wildman–Crippen LogP) is 2.67. The zero-order valence-electron chi connectivity index (χ0n) is 14.8. The zero-order chi connectivity index (χ0) is 15.3. The Bertz CT molecular complexity index is 265. The minimum atomic E-state index is 0.664. The van der Waals surface area contributed by atoms with Crippen molar-refractivity contribution >= 4 is 0 Å². The van der Waals surface area contributed by atoms with Crippen molar-refractivity contribution in [3.05, 3.63) is 0 Å². The lowest BCUT2D eigenvalue weighted by Crippen LogP contribution is -2.62. The summed E-state index contributed by atoms with van der Waals surface area (Å²) in [7, 11) is 4.35. The molecule has 4 atom stereocenters. The van der Waals surface area contributed by atoms with E-state index in [9.17, 15) is 0 Å². The van der Waals surface area contributed by atoms with Gasteiger partial charge in [0.15, 0.2) is 0 Å². The Balaban J connectivity index is 2.67. The SMILES string of the molecule is CCC(C)C1CN(C(C)CCN(C)C)C(C(C)C)CN1. The van der Waals surface area contributed by atoms with E-state index < -0.39 is 0 Å². The predicted molar refractivity (Wildman–Crippen MR) is 89.2 cm³/mol. The van der Waals surface area contributed by atoms with Crippen LogP contribution in [0.15, 0.2) is 0 Å². The summed E-state index contributed by atoms with van der Waals surface area (Å²) in [4.78, 5) is 5.08. The largest absolute Gasteiger partial charge is 0.311 e. The van der Waals surface area contributed by atoms with Crippen molar-refractivity contribution in [3.8, 4) is 0 Å². The molecule has 1 fully saturated rings. The van der Waals surface area contributed by atoms with Gasteiger partial charge < -0.3 is 10.2 Å². The van der Waals surface area contributed by atoms with Gasteiger partial charge in [0, 0.05) is 31.2 Å². The standard InChI is InChI=1S/C17H37N3/c1-8-14(4)16-12-20(15(5)9-10-19(6)7)17(11-18-16)13(2)3/h13-18H,8-12H2,1-7H3. The minimum absolute atomic E-state index is 0.664. The first-order valence-corrected chi connectivity index (χ1v) is 8.50. The van der Waals surface area contributed by atoms with Gasteiger partial charge in [0.05, 0.1) is 0 Å². The summed E-state index contributed by atoms with van der Waals surface area (Å²) >= 11 is 0. The molecule has 0 radical (unpaired) electrons. The number of hydrogen-bond donors (Lipinski definition) is 1. The van der Waals surface area contributed by atoms with E-state index in [1.165, 1.54) is 25.9 Å². The average Bonchev–Trinajstić information content (AvgIpc) is 2.42. The second-order valence-corrected chi connectivity index (χ2v) is 7.35. The molecular weight excluding hydrogens is 246 g/mol. The van der Waals surface area contributed by atoms with Gasteiger partial charge in [-0.2, -0.15) is 0 Å². The lowest BCUT2D eigenvalue weighted by atomic mass is 9.90. The third kappa shape index (κ3) is 5.01. The van der Waals surface area contributed by atoms with Gasteiger partial charge in [-0.1, -0.05) is 34.1 Å². The van der Waals surface area contributed by atoms with E-state index in [4.69, 9.17) is 0 Å². The van der Waals surface area contributed by atoms with Crippen LogP contribution < -0.4 is 5.32 Å². The van der Waals surface area contributed by atoms with E-state index >= 15 is 0 Å². The molecule has 1 N–H and O–H groups in total. The Hall–Kier alpha value is -0.120. The molecule has 0 aromatic rings. The summed E-state index contributed by atoms with van der Waals surface area (Å²) < 4.78 is 0. The van der Waals surface area contributed by atoms with Crippen molar-refractivity contribution in [1.29, 1.82) is 0 Å². The summed E-state index contributed by atoms with van der Waals surface area (Å²) in [5.41, 5.74) is 0. The van der Waals surface area contributed by atoms with Crippen LogP contribution in [0.4, 0.5) is 0 Å². The van der Waals surface area contributed by atoms with E-state index in [1.807, 2.05) is 0 Å². The molecule has 1 rings (SSSR count). The molecule has 0 bridgehead atoms. The number of piperazine rings is 1. The molecule has 4 unspecified atom stereocenters. The van der Waals surface area contributed by atoms with Gasteiger partial charge in [-0.3, -0.25) is 4.90 Å². The van der Waals surface area contributed by atoms with Crippen molar-refractivity contribution < 1.29 is 0 Å². The quantitative estimate of drug-likeness (QED) is 0.775. The summed E-state index contributed by atoms with van der Waals surface area (Å²) in [6.07, 6.45) is 2.54. The average molecular weight is 284 g/mol. The molecule has 0 saturated carbocycles. The molecule has 0 aliphatic carbocycles. The van der Waals surface area contributed by atoms with Crippen molar-refractivity contribution in [2.45, 2.75) is 65.6 Å². The van der Waals surface area contributed by atoms with Gasteiger partial charge >= 0.3 is 0 Å². The fourth-order valence-corrected chi connectivity index (χ4v) is 3.22. The summed E-state index contributed by atoms with van der Waals surface area (Å²) in [5.74, 6) is 1.49. The van der Waals surface area contributed by atoms with Gasteiger partial charge in [0.2, 0.25) is 0 Å². The number of nitrogens with zero attached hydrogens (tertiary/aromatic N) is 2. The fourth-order valence-electron chi connectivity index (χ4n) is 3.22. The maximum Gasteiger partial charge on any atom is 0.0247 e. The highest BCUT2D eigenvalue weighted by molar-refractivity contribution is 4.91. The highest BCUT2D eigenvalue weighted by atomic mass is 15.3. The second kappa shape index (κ2) is 8.35. The highest BCUT2D eigenvalue weighted by Crippen LogP contribution is 2.23. The third-order valence-electron chi connectivity index (χ3n) is 5.08. The smallest absolute Gasteiger partial charge is 0.0247 e. The molecule has 1 aliphatic rings. The van der Waals surface area contributed by atoms with Crippen LogP contribution in [-0.2, 0) is 0 Å². The molecule has 1 saturated heterocycles. The van der Waals surface area contributed by atoms with Crippen LogP contribution >= 0.6 is 0 Å². The Labute approximate surface area is 127 Å². The van der Waals surface area contributed by atoms with Crippen molar-refractivity contribution in [1.82, 2.24) is 15.1 Å². The van der Waals surface area contributed by atoms with Crippen LogP contribution in [-0.4, -0.2) is 61.7 Å². The van der Waals surface area contributed by atoms with Gasteiger partial charge in [0.25, 0.3) is 0 Å². The van der Waals surface area contributed by atoms with Gasteiger partial charge in [0.1, 0.15) is 0 Å². The van der Waals surface area contributed by atoms with E-state index in [2.05, 4.69) is 63.8 Å². The van der Waals surface area contributed by atoms with Gasteiger partial charge in [-0.15, -0.1) is 0 Å². The number of hydrogen-bond acceptors (Lipinski definition) is 3. The second-order valence-electron chi connectivity index (χ2n) is 7.35. The van der Waals surface area contributed by atoms with Crippen LogP contribution in [0.3, 0.4) is 0 Å². The van der Waals surface area contributed by atoms with Gasteiger partial charge in [-0.05, 0) is 45.8 Å². The molecule has 1 aliphatic heterocycles. The lowest BCUT2D eigenvalue weighted by Gasteiger charge is -2.47. The Kier molecular flexibility index (Phi) is 7.49. The first-order chi connectivity index (χ1) is 9.36. The topological polar surface area (TPSA) is 18.5 Å². The van der Waals surface area contributed by atoms with Crippen molar-refractivity contribution in [2.24, 2.45) is 11.8 Å². The summed E-state index contributed by atoms with van der Waals surface area (Å²) in [6, 6.07) is 2.03. The zero-order valence-corrected chi connectivity index (χ0v) is 14.8. The molecule has 0 spiro atoms. The van der Waals surface area contributed by atoms with Crippen LogP contribution in [0.5, 0.6) is 0 Å². The highest BCUT2D eigenvalue weighted by Gasteiger charge is 2.34. The number of nitrogens with one attached hydrogen (secondary N) is 1. The molecule has 0 aromatic heterocycles. The first-order valence-electron chi connectivity index (χ1n) is 8.50. The third-order valence-corrected chi connectivity index (χ3v) is 5.08. The van der Waals surface area contributed by atoms with E-state index in [0.717, 1.165) is 18.4 Å². The molecule has 3 nitrogen and oxygen atoms in total. The van der Waals surface area contributed by atoms with E-state index in [0.29, 0.717) is 18.1 Å². The van der Waals surface area contributed by atoms with Gasteiger partial charge in [-0.25, -0.2) is 0 Å². The van der Waals surface area contributed by atoms with Crippen molar-refractivity contribution in [2.75, 3.05) is 33.7 Å². The molecule has 120 valence electrons. The molecule has 20 heavy (non-hydrogen) atoms. The normalized spacial score (nSPS) is 28.1. The Morgan fingerprint density at radius 3 is 2.35 bits per heavy atom. The number of rotatable bonds is 7. The fraction of sp³-hybridized carbons (Fsp3) is 1.00. The molecule has 0 amide bonds. The Morgan fingerprint density at radius 1 is 1.20 bits per heavy atom. The molecular formula is C17H37N3.